The summed E-state index contributed by atoms with van der Waals surface area (Å²) in [7, 11) is 0. The Bertz CT molecular complexity index is 237. The van der Waals surface area contributed by atoms with Gasteiger partial charge in [0.2, 0.25) is 0 Å². The molecule has 1 aliphatic heterocycles. The van der Waals surface area contributed by atoms with Crippen molar-refractivity contribution in [2.75, 3.05) is 26.2 Å². The molecule has 1 saturated carbocycles. The standard InChI is InChI=1S/C15H30N2/c1-13-11-16-8-5-9-17(12-13)14-6-4-7-15(2,3)10-14/h13-14,16H,4-12H2,1-3H3. The van der Waals surface area contributed by atoms with Crippen molar-refractivity contribution in [1.29, 1.82) is 0 Å². The van der Waals surface area contributed by atoms with Gasteiger partial charge in [0, 0.05) is 12.6 Å². The molecule has 2 nitrogen and oxygen atoms in total. The first-order valence-electron chi connectivity index (χ1n) is 7.52. The SMILES string of the molecule is CC1CNCCCN(C2CCCC(C)(C)C2)C1. The van der Waals surface area contributed by atoms with Crippen molar-refractivity contribution < 1.29 is 0 Å². The highest BCUT2D eigenvalue weighted by molar-refractivity contribution is 4.86. The monoisotopic (exact) mass is 238 g/mol. The molecule has 17 heavy (non-hydrogen) atoms. The molecule has 1 saturated heterocycles. The Kier molecular flexibility index (Phi) is 4.48. The maximum Gasteiger partial charge on any atom is 0.0100 e. The van der Waals surface area contributed by atoms with Gasteiger partial charge in [-0.3, -0.25) is 0 Å². The van der Waals surface area contributed by atoms with Gasteiger partial charge in [-0.25, -0.2) is 0 Å². The Morgan fingerprint density at radius 1 is 1.24 bits per heavy atom. The smallest absolute Gasteiger partial charge is 0.0100 e. The van der Waals surface area contributed by atoms with Gasteiger partial charge in [-0.1, -0.05) is 27.2 Å². The van der Waals surface area contributed by atoms with Crippen molar-refractivity contribution in [2.24, 2.45) is 11.3 Å². The summed E-state index contributed by atoms with van der Waals surface area (Å²) in [4.78, 5) is 2.80. The van der Waals surface area contributed by atoms with Gasteiger partial charge in [0.15, 0.2) is 0 Å². The van der Waals surface area contributed by atoms with E-state index < -0.39 is 0 Å². The number of hydrogen-bond acceptors (Lipinski definition) is 2. The van der Waals surface area contributed by atoms with Crippen LogP contribution in [0.5, 0.6) is 0 Å². The first kappa shape index (κ1) is 13.4. The molecule has 1 heterocycles. The van der Waals surface area contributed by atoms with Crippen LogP contribution in [0.2, 0.25) is 0 Å². The van der Waals surface area contributed by atoms with Crippen LogP contribution in [0.25, 0.3) is 0 Å². The third kappa shape index (κ3) is 3.96. The molecule has 1 aliphatic carbocycles. The lowest BCUT2D eigenvalue weighted by molar-refractivity contribution is 0.0775. The van der Waals surface area contributed by atoms with Gasteiger partial charge >= 0.3 is 0 Å². The molecule has 0 radical (unpaired) electrons. The first-order chi connectivity index (χ1) is 8.07. The number of rotatable bonds is 1. The second-order valence-corrected chi connectivity index (χ2v) is 7.07. The van der Waals surface area contributed by atoms with E-state index in [2.05, 4.69) is 31.0 Å². The fourth-order valence-electron chi connectivity index (χ4n) is 3.61. The van der Waals surface area contributed by atoms with E-state index in [0.29, 0.717) is 5.41 Å². The van der Waals surface area contributed by atoms with Crippen molar-refractivity contribution in [3.8, 4) is 0 Å². The quantitative estimate of drug-likeness (QED) is 0.755. The molecule has 0 bridgehead atoms. The molecule has 100 valence electrons. The topological polar surface area (TPSA) is 15.3 Å². The third-order valence-electron chi connectivity index (χ3n) is 4.53. The fraction of sp³-hybridized carbons (Fsp3) is 1.00. The van der Waals surface area contributed by atoms with E-state index in [9.17, 15) is 0 Å². The van der Waals surface area contributed by atoms with Gasteiger partial charge in [0.1, 0.15) is 0 Å². The van der Waals surface area contributed by atoms with Crippen LogP contribution in [0.4, 0.5) is 0 Å². The zero-order chi connectivity index (χ0) is 12.3. The summed E-state index contributed by atoms with van der Waals surface area (Å²) in [5.74, 6) is 0.806. The molecule has 0 spiro atoms. The van der Waals surface area contributed by atoms with Crippen LogP contribution in [-0.2, 0) is 0 Å². The van der Waals surface area contributed by atoms with E-state index >= 15 is 0 Å². The summed E-state index contributed by atoms with van der Waals surface area (Å²) in [5, 5.41) is 3.55. The van der Waals surface area contributed by atoms with Gasteiger partial charge in [0.25, 0.3) is 0 Å². The lowest BCUT2D eigenvalue weighted by Gasteiger charge is -2.43. The normalized spacial score (nSPS) is 36.2. The van der Waals surface area contributed by atoms with Crippen LogP contribution in [0.15, 0.2) is 0 Å². The van der Waals surface area contributed by atoms with Crippen molar-refractivity contribution in [2.45, 2.75) is 58.9 Å². The second-order valence-electron chi connectivity index (χ2n) is 7.07. The summed E-state index contributed by atoms with van der Waals surface area (Å²) in [6, 6.07) is 0.860. The predicted octanol–water partition coefficient (Wildman–Crippen LogP) is 2.89. The van der Waals surface area contributed by atoms with Crippen molar-refractivity contribution in [3.63, 3.8) is 0 Å². The minimum Gasteiger partial charge on any atom is -0.316 e. The second kappa shape index (κ2) is 5.71. The van der Waals surface area contributed by atoms with Gasteiger partial charge < -0.3 is 10.2 Å². The van der Waals surface area contributed by atoms with E-state index in [-0.39, 0.29) is 0 Å². The molecule has 2 heteroatoms. The zero-order valence-electron chi connectivity index (χ0n) is 12.0. The molecule has 2 aliphatic rings. The first-order valence-corrected chi connectivity index (χ1v) is 7.52. The van der Waals surface area contributed by atoms with Crippen LogP contribution < -0.4 is 5.32 Å². The van der Waals surface area contributed by atoms with Crippen LogP contribution in [-0.4, -0.2) is 37.1 Å². The molecule has 0 aromatic rings. The van der Waals surface area contributed by atoms with Gasteiger partial charge in [-0.05, 0) is 56.7 Å². The van der Waals surface area contributed by atoms with Crippen LogP contribution in [0.3, 0.4) is 0 Å². The van der Waals surface area contributed by atoms with Gasteiger partial charge in [-0.2, -0.15) is 0 Å². The Hall–Kier alpha value is -0.0800. The zero-order valence-corrected chi connectivity index (χ0v) is 12.0. The number of hydrogen-bond donors (Lipinski definition) is 1. The largest absolute Gasteiger partial charge is 0.316 e. The van der Waals surface area contributed by atoms with Crippen LogP contribution >= 0.6 is 0 Å². The highest BCUT2D eigenvalue weighted by atomic mass is 15.2. The molecular formula is C15H30N2. The maximum atomic E-state index is 3.55. The van der Waals surface area contributed by atoms with Crippen molar-refractivity contribution in [3.05, 3.63) is 0 Å². The van der Waals surface area contributed by atoms with Crippen LogP contribution in [0, 0.1) is 11.3 Å². The minimum atomic E-state index is 0.576. The Morgan fingerprint density at radius 2 is 2.06 bits per heavy atom. The highest BCUT2D eigenvalue weighted by Gasteiger charge is 2.31. The minimum absolute atomic E-state index is 0.576. The third-order valence-corrected chi connectivity index (χ3v) is 4.53. The summed E-state index contributed by atoms with van der Waals surface area (Å²) in [6.45, 7) is 12.3. The summed E-state index contributed by atoms with van der Waals surface area (Å²) >= 11 is 0. The molecule has 0 amide bonds. The van der Waals surface area contributed by atoms with Gasteiger partial charge in [0.05, 0.1) is 0 Å². The van der Waals surface area contributed by atoms with Gasteiger partial charge in [-0.15, -0.1) is 0 Å². The van der Waals surface area contributed by atoms with Crippen LogP contribution in [0.1, 0.15) is 52.9 Å². The molecule has 1 N–H and O–H groups in total. The maximum absolute atomic E-state index is 3.55. The summed E-state index contributed by atoms with van der Waals surface area (Å²) in [6.07, 6.45) is 7.02. The summed E-state index contributed by atoms with van der Waals surface area (Å²) < 4.78 is 0. The molecular weight excluding hydrogens is 208 g/mol. The molecule has 2 rings (SSSR count). The van der Waals surface area contributed by atoms with E-state index in [1.54, 1.807) is 0 Å². The fourth-order valence-corrected chi connectivity index (χ4v) is 3.61. The molecule has 2 fully saturated rings. The van der Waals surface area contributed by atoms with Crippen molar-refractivity contribution in [1.82, 2.24) is 10.2 Å². The number of nitrogens with zero attached hydrogens (tertiary/aromatic N) is 1. The average molecular weight is 238 g/mol. The molecule has 0 aromatic heterocycles. The Balaban J connectivity index is 1.93. The number of nitrogens with one attached hydrogen (secondary N) is 1. The molecule has 2 atom stereocenters. The highest BCUT2D eigenvalue weighted by Crippen LogP contribution is 2.37. The summed E-state index contributed by atoms with van der Waals surface area (Å²) in [5.41, 5.74) is 0.576. The van der Waals surface area contributed by atoms with E-state index in [4.69, 9.17) is 0 Å². The predicted molar refractivity (Wildman–Crippen MR) is 74.3 cm³/mol. The van der Waals surface area contributed by atoms with Crippen molar-refractivity contribution >= 4 is 0 Å². The lowest BCUT2D eigenvalue weighted by atomic mass is 9.74. The van der Waals surface area contributed by atoms with E-state index in [1.165, 1.54) is 58.3 Å². The molecule has 2 unspecified atom stereocenters. The average Bonchev–Trinajstić information content (AvgIpc) is 2.21. The Morgan fingerprint density at radius 3 is 2.82 bits per heavy atom. The molecule has 0 aromatic carbocycles. The van der Waals surface area contributed by atoms with E-state index in [0.717, 1.165) is 12.0 Å². The Labute approximate surface area is 107 Å². The lowest BCUT2D eigenvalue weighted by Crippen LogP contribution is -2.46. The van der Waals surface area contributed by atoms with E-state index in [1.807, 2.05) is 0 Å².